The van der Waals surface area contributed by atoms with Crippen molar-refractivity contribution in [1.29, 1.82) is 0 Å². The number of methoxy groups -OCH3 is 1. The number of benzene rings is 2. The van der Waals surface area contributed by atoms with E-state index in [-0.39, 0.29) is 12.2 Å². The van der Waals surface area contributed by atoms with Gasteiger partial charge in [0.15, 0.2) is 11.5 Å². The lowest BCUT2D eigenvalue weighted by atomic mass is 10.2. The number of carbonyl (C=O) groups excluding carboxylic acids is 1. The molecule has 0 spiro atoms. The van der Waals surface area contributed by atoms with Crippen molar-refractivity contribution in [1.82, 2.24) is 19.9 Å². The van der Waals surface area contributed by atoms with Gasteiger partial charge >= 0.3 is 0 Å². The van der Waals surface area contributed by atoms with Crippen LogP contribution < -0.4 is 20.1 Å². The molecule has 0 aliphatic heterocycles. The molecule has 0 radical (unpaired) electrons. The minimum absolute atomic E-state index is 0.124. The summed E-state index contributed by atoms with van der Waals surface area (Å²) in [6.45, 7) is 2.03. The van der Waals surface area contributed by atoms with Crippen molar-refractivity contribution in [2.24, 2.45) is 0 Å². The third-order valence-electron chi connectivity index (χ3n) is 5.70. The van der Waals surface area contributed by atoms with Crippen LogP contribution in [0.25, 0.3) is 10.9 Å². The van der Waals surface area contributed by atoms with Crippen LogP contribution in [0, 0.1) is 5.82 Å². The van der Waals surface area contributed by atoms with Crippen molar-refractivity contribution in [2.75, 3.05) is 51.1 Å². The van der Waals surface area contributed by atoms with Gasteiger partial charge in [0, 0.05) is 30.1 Å². The highest BCUT2D eigenvalue weighted by atomic mass is 19.1. The summed E-state index contributed by atoms with van der Waals surface area (Å²) in [6, 6.07) is 12.4. The number of pyridine rings is 1. The summed E-state index contributed by atoms with van der Waals surface area (Å²) in [5.41, 5.74) is 1.51. The van der Waals surface area contributed by atoms with Gasteiger partial charge in [-0.3, -0.25) is 4.79 Å². The number of halogens is 1. The van der Waals surface area contributed by atoms with Gasteiger partial charge in [-0.05, 0) is 49.9 Å². The number of carbonyl (C=O) groups is 1. The third-order valence-corrected chi connectivity index (χ3v) is 5.70. The summed E-state index contributed by atoms with van der Waals surface area (Å²) in [4.78, 5) is 27.4. The lowest BCUT2D eigenvalue weighted by Gasteiger charge is -2.16. The molecule has 0 aliphatic carbocycles. The summed E-state index contributed by atoms with van der Waals surface area (Å²) in [6.07, 6.45) is 3.80. The number of amides is 1. The first-order chi connectivity index (χ1) is 18.5. The summed E-state index contributed by atoms with van der Waals surface area (Å²) >= 11 is 0. The average molecular weight is 521 g/mol. The van der Waals surface area contributed by atoms with Gasteiger partial charge in [0.2, 0.25) is 0 Å². The molecule has 2 aromatic heterocycles. The second-order valence-electron chi connectivity index (χ2n) is 8.49. The number of hydrogen-bond acceptors (Lipinski definition) is 9. The summed E-state index contributed by atoms with van der Waals surface area (Å²) in [7, 11) is 3.52. The van der Waals surface area contributed by atoms with E-state index >= 15 is 0 Å². The number of aliphatic hydroxyl groups excluding tert-OH is 1. The van der Waals surface area contributed by atoms with E-state index in [1.807, 2.05) is 24.1 Å². The number of anilines is 3. The highest BCUT2D eigenvalue weighted by molar-refractivity contribution is 6.03. The minimum Gasteiger partial charge on any atom is -0.493 e. The van der Waals surface area contributed by atoms with E-state index in [1.54, 1.807) is 25.4 Å². The maximum Gasteiger partial charge on any atom is 0.256 e. The van der Waals surface area contributed by atoms with Crippen LogP contribution in [0.15, 0.2) is 61.1 Å². The lowest BCUT2D eigenvalue weighted by molar-refractivity contribution is 0.102. The van der Waals surface area contributed by atoms with Gasteiger partial charge in [-0.2, -0.15) is 0 Å². The molecule has 4 rings (SSSR count). The minimum atomic E-state index is -0.486. The maximum absolute atomic E-state index is 13.4. The Morgan fingerprint density at radius 2 is 1.95 bits per heavy atom. The van der Waals surface area contributed by atoms with E-state index in [0.29, 0.717) is 47.5 Å². The van der Waals surface area contributed by atoms with Crippen LogP contribution in [0.4, 0.5) is 21.7 Å². The topological polar surface area (TPSA) is 122 Å². The molecular formula is C27H29FN6O4. The van der Waals surface area contributed by atoms with Crippen molar-refractivity contribution < 1.29 is 23.8 Å². The van der Waals surface area contributed by atoms with Gasteiger partial charge in [-0.25, -0.2) is 19.3 Å². The molecule has 0 saturated carbocycles. The molecular weight excluding hydrogens is 491 g/mol. The first kappa shape index (κ1) is 26.7. The predicted molar refractivity (Wildman–Crippen MR) is 143 cm³/mol. The lowest BCUT2D eigenvalue weighted by Crippen LogP contribution is -2.24. The van der Waals surface area contributed by atoms with Gasteiger partial charge in [0.25, 0.3) is 5.91 Å². The molecule has 11 heteroatoms. The zero-order chi connectivity index (χ0) is 26.9. The SMILES string of the molecule is COc1cc2c(Nc3ccc(NC(=O)c4cccc(F)c4)nc3)ncnc2cc1OCCCN(C)CCO. The van der Waals surface area contributed by atoms with Crippen LogP contribution in [0.3, 0.4) is 0 Å². The number of rotatable bonds is 12. The zero-order valence-electron chi connectivity index (χ0n) is 21.1. The van der Waals surface area contributed by atoms with Crippen molar-refractivity contribution in [3.8, 4) is 11.5 Å². The Morgan fingerprint density at radius 3 is 2.68 bits per heavy atom. The third kappa shape index (κ3) is 6.90. The Hall–Kier alpha value is -4.35. The molecule has 0 bridgehead atoms. The number of likely N-dealkylation sites (N-methyl/N-ethyl adjacent to an activating group) is 1. The summed E-state index contributed by atoms with van der Waals surface area (Å²) in [5.74, 6) is 1.05. The normalized spacial score (nSPS) is 11.0. The van der Waals surface area contributed by atoms with Gasteiger partial charge in [0.1, 0.15) is 23.8 Å². The molecule has 0 unspecified atom stereocenters. The molecule has 4 aromatic rings. The Bertz CT molecular complexity index is 1390. The van der Waals surface area contributed by atoms with E-state index in [4.69, 9.17) is 14.6 Å². The van der Waals surface area contributed by atoms with Crippen molar-refractivity contribution in [3.05, 3.63) is 72.4 Å². The molecule has 10 nitrogen and oxygen atoms in total. The van der Waals surface area contributed by atoms with Crippen molar-refractivity contribution in [2.45, 2.75) is 6.42 Å². The van der Waals surface area contributed by atoms with E-state index in [9.17, 15) is 9.18 Å². The maximum atomic E-state index is 13.4. The molecule has 2 heterocycles. The first-order valence-corrected chi connectivity index (χ1v) is 12.0. The first-order valence-electron chi connectivity index (χ1n) is 12.0. The number of aromatic nitrogens is 3. The fourth-order valence-electron chi connectivity index (χ4n) is 3.73. The summed E-state index contributed by atoms with van der Waals surface area (Å²) in [5, 5.41) is 15.6. The van der Waals surface area contributed by atoms with Crippen LogP contribution in [0.1, 0.15) is 16.8 Å². The molecule has 3 N–H and O–H groups in total. The fourth-order valence-corrected chi connectivity index (χ4v) is 3.73. The number of fused-ring (bicyclic) bond motifs is 1. The van der Waals surface area contributed by atoms with Crippen LogP contribution in [-0.2, 0) is 0 Å². The highest BCUT2D eigenvalue weighted by Gasteiger charge is 2.13. The number of aliphatic hydroxyl groups is 1. The highest BCUT2D eigenvalue weighted by Crippen LogP contribution is 2.34. The van der Waals surface area contributed by atoms with Crippen LogP contribution in [0.2, 0.25) is 0 Å². The number of ether oxygens (including phenoxy) is 2. The van der Waals surface area contributed by atoms with E-state index < -0.39 is 11.7 Å². The second kappa shape index (κ2) is 12.7. The average Bonchev–Trinajstić information content (AvgIpc) is 2.92. The van der Waals surface area contributed by atoms with Crippen LogP contribution in [-0.4, -0.2) is 71.3 Å². The summed E-state index contributed by atoms with van der Waals surface area (Å²) < 4.78 is 24.9. The van der Waals surface area contributed by atoms with Gasteiger partial charge < -0.3 is 30.1 Å². The van der Waals surface area contributed by atoms with Crippen molar-refractivity contribution >= 4 is 34.1 Å². The van der Waals surface area contributed by atoms with Gasteiger partial charge in [-0.15, -0.1) is 0 Å². The Balaban J connectivity index is 1.44. The Labute approximate surface area is 219 Å². The predicted octanol–water partition coefficient (Wildman–Crippen LogP) is 3.86. The Morgan fingerprint density at radius 1 is 1.08 bits per heavy atom. The molecule has 0 aliphatic rings. The molecule has 198 valence electrons. The molecule has 1 amide bonds. The molecule has 0 fully saturated rings. The van der Waals surface area contributed by atoms with Gasteiger partial charge in [-0.1, -0.05) is 6.07 Å². The molecule has 0 atom stereocenters. The molecule has 0 saturated heterocycles. The monoisotopic (exact) mass is 520 g/mol. The number of nitrogens with zero attached hydrogens (tertiary/aromatic N) is 4. The smallest absolute Gasteiger partial charge is 0.256 e. The van der Waals surface area contributed by atoms with E-state index in [0.717, 1.165) is 24.4 Å². The fraction of sp³-hybridized carbons (Fsp3) is 0.259. The van der Waals surface area contributed by atoms with Gasteiger partial charge in [0.05, 0.1) is 37.7 Å². The quantitative estimate of drug-likeness (QED) is 0.239. The molecule has 38 heavy (non-hydrogen) atoms. The molecule has 2 aromatic carbocycles. The van der Waals surface area contributed by atoms with Crippen LogP contribution in [0.5, 0.6) is 11.5 Å². The largest absolute Gasteiger partial charge is 0.493 e. The van der Waals surface area contributed by atoms with Crippen LogP contribution >= 0.6 is 0 Å². The second-order valence-corrected chi connectivity index (χ2v) is 8.49. The Kier molecular flexibility index (Phi) is 8.96. The zero-order valence-corrected chi connectivity index (χ0v) is 21.1. The number of nitrogens with one attached hydrogen (secondary N) is 2. The standard InChI is InChI=1S/C27H29FN6O4/c1-34(10-11-35)9-4-12-38-24-15-22-21(14-23(24)37-2)26(31-17-30-22)32-20-7-8-25(29-16-20)33-27(36)18-5-3-6-19(28)13-18/h3,5-8,13-17,35H,4,9-12H2,1-2H3,(H,29,33,36)(H,30,31,32). The number of hydrogen-bond donors (Lipinski definition) is 3. The van der Waals surface area contributed by atoms with E-state index in [2.05, 4.69) is 25.6 Å². The van der Waals surface area contributed by atoms with E-state index in [1.165, 1.54) is 24.5 Å². The van der Waals surface area contributed by atoms with Crippen molar-refractivity contribution in [3.63, 3.8) is 0 Å².